The fraction of sp³-hybridized carbons (Fsp3) is 0.474. The van der Waals surface area contributed by atoms with Gasteiger partial charge < -0.3 is 10.2 Å². The number of amides is 1. The Morgan fingerprint density at radius 3 is 2.60 bits per heavy atom. The van der Waals surface area contributed by atoms with Crippen molar-refractivity contribution >= 4 is 5.91 Å². The molecule has 1 N–H and O–H groups in total. The average Bonchev–Trinajstić information content (AvgIpc) is 3.02. The summed E-state index contributed by atoms with van der Waals surface area (Å²) in [6, 6.07) is 6.12. The molecule has 3 rings (SSSR count). The second kappa shape index (κ2) is 7.78. The number of carbonyl (C=O) groups excluding carboxylic acids is 1. The molecule has 1 aliphatic heterocycles. The summed E-state index contributed by atoms with van der Waals surface area (Å²) in [5, 5.41) is 7.71. The molecule has 1 aromatic carbocycles. The summed E-state index contributed by atoms with van der Waals surface area (Å²) in [5.74, 6) is 0.394. The van der Waals surface area contributed by atoms with Crippen LogP contribution >= 0.6 is 0 Å². The first-order valence-electron chi connectivity index (χ1n) is 8.90. The zero-order valence-electron chi connectivity index (χ0n) is 14.8. The first-order valence-corrected chi connectivity index (χ1v) is 8.90. The minimum atomic E-state index is -0.287. The Morgan fingerprint density at radius 1 is 1.28 bits per heavy atom. The van der Waals surface area contributed by atoms with Crippen LogP contribution in [0.5, 0.6) is 0 Å². The summed E-state index contributed by atoms with van der Waals surface area (Å²) in [5.41, 5.74) is 2.16. The smallest absolute Gasteiger partial charge is 0.257 e. The predicted octanol–water partition coefficient (Wildman–Crippen LogP) is 2.78. The van der Waals surface area contributed by atoms with E-state index >= 15 is 0 Å². The molecule has 0 aliphatic carbocycles. The van der Waals surface area contributed by atoms with Crippen LogP contribution in [0, 0.1) is 18.7 Å². The number of nitrogens with zero attached hydrogens (tertiary/aromatic N) is 3. The van der Waals surface area contributed by atoms with Crippen LogP contribution in [0.3, 0.4) is 0 Å². The van der Waals surface area contributed by atoms with Gasteiger partial charge in [0.15, 0.2) is 0 Å². The van der Waals surface area contributed by atoms with Crippen LogP contribution in [0.25, 0.3) is 5.69 Å². The summed E-state index contributed by atoms with van der Waals surface area (Å²) in [7, 11) is 0. The molecule has 5 nitrogen and oxygen atoms in total. The molecule has 0 atom stereocenters. The molecule has 0 unspecified atom stereocenters. The van der Waals surface area contributed by atoms with Crippen molar-refractivity contribution in [2.24, 2.45) is 5.92 Å². The summed E-state index contributed by atoms with van der Waals surface area (Å²) in [4.78, 5) is 14.8. The largest absolute Gasteiger partial charge is 0.339 e. The van der Waals surface area contributed by atoms with Crippen molar-refractivity contribution in [1.82, 2.24) is 20.0 Å². The first-order chi connectivity index (χ1) is 12.1. The first kappa shape index (κ1) is 17.6. The molecule has 1 aliphatic rings. The van der Waals surface area contributed by atoms with E-state index in [9.17, 15) is 9.18 Å². The molecule has 0 saturated carbocycles. The molecular formula is C19H25FN4O. The number of halogens is 1. The van der Waals surface area contributed by atoms with Crippen molar-refractivity contribution in [2.45, 2.75) is 26.7 Å². The van der Waals surface area contributed by atoms with Crippen molar-refractivity contribution in [2.75, 3.05) is 26.2 Å². The lowest BCUT2D eigenvalue weighted by atomic mass is 9.96. The fourth-order valence-corrected chi connectivity index (χ4v) is 3.32. The van der Waals surface area contributed by atoms with Gasteiger partial charge >= 0.3 is 0 Å². The van der Waals surface area contributed by atoms with Crippen molar-refractivity contribution < 1.29 is 9.18 Å². The molecule has 0 radical (unpaired) electrons. The minimum Gasteiger partial charge on any atom is -0.339 e. The third-order valence-corrected chi connectivity index (χ3v) is 4.90. The molecule has 1 amide bonds. The fourth-order valence-electron chi connectivity index (χ4n) is 3.32. The van der Waals surface area contributed by atoms with Gasteiger partial charge in [-0.15, -0.1) is 0 Å². The third-order valence-electron chi connectivity index (χ3n) is 4.90. The third kappa shape index (κ3) is 3.90. The van der Waals surface area contributed by atoms with Gasteiger partial charge in [0.1, 0.15) is 5.82 Å². The lowest BCUT2D eigenvalue weighted by Crippen LogP contribution is -2.40. The zero-order chi connectivity index (χ0) is 17.8. The number of carbonyl (C=O) groups is 1. The summed E-state index contributed by atoms with van der Waals surface area (Å²) in [6.07, 6.45) is 3.68. The number of piperidine rings is 1. The molecule has 1 fully saturated rings. The molecule has 1 saturated heterocycles. The normalized spacial score (nSPS) is 15.6. The molecule has 25 heavy (non-hydrogen) atoms. The van der Waals surface area contributed by atoms with E-state index in [2.05, 4.69) is 17.3 Å². The predicted molar refractivity (Wildman–Crippen MR) is 95.4 cm³/mol. The number of aromatic nitrogens is 2. The van der Waals surface area contributed by atoms with Crippen molar-refractivity contribution in [3.63, 3.8) is 0 Å². The quantitative estimate of drug-likeness (QED) is 0.907. The number of hydrogen-bond acceptors (Lipinski definition) is 3. The van der Waals surface area contributed by atoms with Gasteiger partial charge in [0.2, 0.25) is 0 Å². The number of benzene rings is 1. The Kier molecular flexibility index (Phi) is 5.48. The van der Waals surface area contributed by atoms with E-state index in [1.165, 1.54) is 12.1 Å². The van der Waals surface area contributed by atoms with Gasteiger partial charge in [-0.1, -0.05) is 6.92 Å². The van der Waals surface area contributed by atoms with E-state index in [4.69, 9.17) is 0 Å². The van der Waals surface area contributed by atoms with E-state index in [0.717, 1.165) is 50.4 Å². The second-order valence-electron chi connectivity index (χ2n) is 6.58. The lowest BCUT2D eigenvalue weighted by Gasteiger charge is -2.32. The summed E-state index contributed by atoms with van der Waals surface area (Å²) < 4.78 is 14.8. The number of rotatable bonds is 5. The van der Waals surface area contributed by atoms with Crippen LogP contribution in [-0.2, 0) is 0 Å². The second-order valence-corrected chi connectivity index (χ2v) is 6.58. The lowest BCUT2D eigenvalue weighted by molar-refractivity contribution is 0.0689. The van der Waals surface area contributed by atoms with E-state index < -0.39 is 0 Å². The van der Waals surface area contributed by atoms with Crippen LogP contribution in [0.15, 0.2) is 30.5 Å². The maximum absolute atomic E-state index is 13.1. The molecule has 134 valence electrons. The van der Waals surface area contributed by atoms with E-state index in [1.54, 1.807) is 23.0 Å². The maximum atomic E-state index is 13.1. The number of hydrogen-bond donors (Lipinski definition) is 1. The van der Waals surface area contributed by atoms with Crippen molar-refractivity contribution in [1.29, 1.82) is 0 Å². The van der Waals surface area contributed by atoms with E-state index in [0.29, 0.717) is 11.5 Å². The molecule has 6 heteroatoms. The van der Waals surface area contributed by atoms with Gasteiger partial charge in [-0.25, -0.2) is 9.07 Å². The monoisotopic (exact) mass is 344 g/mol. The van der Waals surface area contributed by atoms with Crippen LogP contribution in [0.4, 0.5) is 4.39 Å². The highest BCUT2D eigenvalue weighted by atomic mass is 19.1. The Bertz CT molecular complexity index is 718. The van der Waals surface area contributed by atoms with Crippen LogP contribution < -0.4 is 5.32 Å². The number of likely N-dealkylation sites (tertiary alicyclic amines) is 1. The van der Waals surface area contributed by atoms with Crippen LogP contribution in [0.1, 0.15) is 35.8 Å². The van der Waals surface area contributed by atoms with Gasteiger partial charge in [-0.3, -0.25) is 4.79 Å². The summed E-state index contributed by atoms with van der Waals surface area (Å²) >= 11 is 0. The van der Waals surface area contributed by atoms with Crippen molar-refractivity contribution in [3.8, 4) is 5.69 Å². The molecular weight excluding hydrogens is 319 g/mol. The molecule has 2 heterocycles. The number of nitrogens with one attached hydrogen (secondary N) is 1. The maximum Gasteiger partial charge on any atom is 0.257 e. The highest BCUT2D eigenvalue weighted by Gasteiger charge is 2.25. The van der Waals surface area contributed by atoms with E-state index in [-0.39, 0.29) is 11.7 Å². The molecule has 1 aromatic heterocycles. The Hall–Kier alpha value is -2.21. The average molecular weight is 344 g/mol. The van der Waals surface area contributed by atoms with Gasteiger partial charge in [0.25, 0.3) is 5.91 Å². The Labute approximate surface area is 147 Å². The molecule has 2 aromatic rings. The summed E-state index contributed by atoms with van der Waals surface area (Å²) in [6.45, 7) is 7.58. The topological polar surface area (TPSA) is 50.2 Å². The Balaban J connectivity index is 1.68. The van der Waals surface area contributed by atoms with Gasteiger partial charge in [0, 0.05) is 13.1 Å². The SMILES string of the molecule is CCNCC1CCN(C(=O)c2cnn(-c3ccc(F)cc3)c2C)CC1. The zero-order valence-corrected chi connectivity index (χ0v) is 14.8. The Morgan fingerprint density at radius 2 is 1.96 bits per heavy atom. The molecule has 0 spiro atoms. The van der Waals surface area contributed by atoms with E-state index in [1.807, 2.05) is 11.8 Å². The van der Waals surface area contributed by atoms with Crippen LogP contribution in [0.2, 0.25) is 0 Å². The highest BCUT2D eigenvalue weighted by molar-refractivity contribution is 5.95. The standard InChI is InChI=1S/C19H25FN4O/c1-3-21-12-15-8-10-23(11-9-15)19(25)18-13-22-24(14(18)2)17-6-4-16(20)5-7-17/h4-7,13,15,21H,3,8-12H2,1-2H3. The van der Waals surface area contributed by atoms with Gasteiger partial charge in [-0.2, -0.15) is 5.10 Å². The van der Waals surface area contributed by atoms with Gasteiger partial charge in [0.05, 0.1) is 23.1 Å². The van der Waals surface area contributed by atoms with Crippen LogP contribution in [-0.4, -0.2) is 46.8 Å². The highest BCUT2D eigenvalue weighted by Crippen LogP contribution is 2.21. The van der Waals surface area contributed by atoms with Gasteiger partial charge in [-0.05, 0) is 63.0 Å². The minimum absolute atomic E-state index is 0.0350. The molecule has 0 bridgehead atoms. The van der Waals surface area contributed by atoms with Crippen molar-refractivity contribution in [3.05, 3.63) is 47.5 Å².